The highest BCUT2D eigenvalue weighted by Gasteiger charge is 2.14. The van der Waals surface area contributed by atoms with Crippen molar-refractivity contribution in [3.63, 3.8) is 0 Å². The van der Waals surface area contributed by atoms with Crippen molar-refractivity contribution in [3.05, 3.63) is 47.3 Å². The summed E-state index contributed by atoms with van der Waals surface area (Å²) in [5.41, 5.74) is 1.30. The number of ether oxygens (including phenoxy) is 1. The van der Waals surface area contributed by atoms with Gasteiger partial charge in [0.05, 0.1) is 17.9 Å². The molecular weight excluding hydrogens is 284 g/mol. The lowest BCUT2D eigenvalue weighted by molar-refractivity contribution is 0.0880. The van der Waals surface area contributed by atoms with Gasteiger partial charge in [-0.15, -0.1) is 0 Å². The van der Waals surface area contributed by atoms with Gasteiger partial charge in [0.2, 0.25) is 5.76 Å². The summed E-state index contributed by atoms with van der Waals surface area (Å²) in [5.74, 6) is 0.402. The molecule has 6 heteroatoms. The van der Waals surface area contributed by atoms with E-state index < -0.39 is 12.0 Å². The van der Waals surface area contributed by atoms with Crippen LogP contribution in [0.5, 0.6) is 5.75 Å². The molecule has 2 aromatic rings. The summed E-state index contributed by atoms with van der Waals surface area (Å²) in [5, 5.41) is 16.4. The monoisotopic (exact) mass is 304 g/mol. The molecule has 1 unspecified atom stereocenters. The van der Waals surface area contributed by atoms with Gasteiger partial charge in [-0.1, -0.05) is 17.3 Å². The van der Waals surface area contributed by atoms with Crippen LogP contribution in [0.15, 0.2) is 34.9 Å². The molecule has 1 aromatic carbocycles. The zero-order valence-electron chi connectivity index (χ0n) is 12.9. The largest absolute Gasteiger partial charge is 0.491 e. The number of aromatic nitrogens is 1. The highest BCUT2D eigenvalue weighted by atomic mass is 16.5. The van der Waals surface area contributed by atoms with Crippen molar-refractivity contribution in [3.8, 4) is 5.75 Å². The van der Waals surface area contributed by atoms with E-state index in [2.05, 4.69) is 10.5 Å². The molecule has 1 heterocycles. The van der Waals surface area contributed by atoms with Crippen molar-refractivity contribution >= 4 is 5.91 Å². The van der Waals surface area contributed by atoms with Gasteiger partial charge < -0.3 is 19.7 Å². The molecule has 6 nitrogen and oxygen atoms in total. The van der Waals surface area contributed by atoms with Crippen LogP contribution in [0.3, 0.4) is 0 Å². The summed E-state index contributed by atoms with van der Waals surface area (Å²) < 4.78 is 10.4. The number of amides is 1. The Bertz CT molecular complexity index is 637. The summed E-state index contributed by atoms with van der Waals surface area (Å²) >= 11 is 0. The van der Waals surface area contributed by atoms with Crippen LogP contribution in [0.2, 0.25) is 0 Å². The maximum Gasteiger partial charge on any atom is 0.290 e. The van der Waals surface area contributed by atoms with E-state index >= 15 is 0 Å². The molecule has 0 aliphatic carbocycles. The summed E-state index contributed by atoms with van der Waals surface area (Å²) in [4.78, 5) is 11.8. The van der Waals surface area contributed by atoms with Gasteiger partial charge in [-0.25, -0.2) is 0 Å². The fourth-order valence-electron chi connectivity index (χ4n) is 1.93. The third-order valence-corrected chi connectivity index (χ3v) is 2.92. The molecule has 0 spiro atoms. The third kappa shape index (κ3) is 4.33. The molecule has 118 valence electrons. The minimum atomic E-state index is -0.830. The van der Waals surface area contributed by atoms with Crippen LogP contribution >= 0.6 is 0 Å². The molecule has 0 radical (unpaired) electrons. The van der Waals surface area contributed by atoms with Crippen molar-refractivity contribution in [2.45, 2.75) is 33.0 Å². The van der Waals surface area contributed by atoms with Gasteiger partial charge in [-0.2, -0.15) is 0 Å². The first kappa shape index (κ1) is 16.0. The number of nitrogens with zero attached hydrogens (tertiary/aromatic N) is 1. The molecule has 22 heavy (non-hydrogen) atoms. The molecule has 1 atom stereocenters. The van der Waals surface area contributed by atoms with Crippen molar-refractivity contribution in [2.75, 3.05) is 6.54 Å². The molecule has 2 rings (SSSR count). The topological polar surface area (TPSA) is 84.6 Å². The highest BCUT2D eigenvalue weighted by molar-refractivity contribution is 5.91. The first-order chi connectivity index (χ1) is 10.5. The Morgan fingerprint density at radius 1 is 1.41 bits per heavy atom. The van der Waals surface area contributed by atoms with Gasteiger partial charge in [0.25, 0.3) is 5.91 Å². The fourth-order valence-corrected chi connectivity index (χ4v) is 1.93. The number of hydrogen-bond acceptors (Lipinski definition) is 5. The molecule has 0 aliphatic heterocycles. The van der Waals surface area contributed by atoms with Crippen LogP contribution < -0.4 is 10.1 Å². The van der Waals surface area contributed by atoms with Crippen molar-refractivity contribution in [1.29, 1.82) is 0 Å². The standard InChI is InChI=1S/C16H20N2O4/c1-10(2)21-13-6-4-5-12(8-13)14(19)9-17-16(20)15-7-11(3)18-22-15/h4-8,10,14,19H,9H2,1-3H3,(H,17,20). The lowest BCUT2D eigenvalue weighted by atomic mass is 10.1. The lowest BCUT2D eigenvalue weighted by Gasteiger charge is -2.14. The van der Waals surface area contributed by atoms with Crippen LogP contribution in [0.1, 0.15) is 41.8 Å². The normalized spacial score (nSPS) is 12.2. The summed E-state index contributed by atoms with van der Waals surface area (Å²) in [6.45, 7) is 5.67. The molecule has 0 aliphatic rings. The van der Waals surface area contributed by atoms with Gasteiger partial charge in [0.1, 0.15) is 5.75 Å². The zero-order chi connectivity index (χ0) is 16.1. The summed E-state index contributed by atoms with van der Waals surface area (Å²) in [6.07, 6.45) is -0.773. The summed E-state index contributed by atoms with van der Waals surface area (Å²) in [6, 6.07) is 8.71. The average Bonchev–Trinajstić information content (AvgIpc) is 2.90. The van der Waals surface area contributed by atoms with Gasteiger partial charge in [0, 0.05) is 12.6 Å². The minimum absolute atomic E-state index is 0.0572. The molecule has 0 fully saturated rings. The van der Waals surface area contributed by atoms with Crippen LogP contribution in [0.4, 0.5) is 0 Å². The molecule has 1 amide bonds. The number of aliphatic hydroxyl groups excluding tert-OH is 1. The number of carbonyl (C=O) groups is 1. The Morgan fingerprint density at radius 2 is 2.18 bits per heavy atom. The van der Waals surface area contributed by atoms with Crippen molar-refractivity contribution in [1.82, 2.24) is 10.5 Å². The summed E-state index contributed by atoms with van der Waals surface area (Å²) in [7, 11) is 0. The van der Waals surface area contributed by atoms with Crippen LogP contribution in [0.25, 0.3) is 0 Å². The van der Waals surface area contributed by atoms with Crippen LogP contribution in [-0.2, 0) is 0 Å². The predicted molar refractivity (Wildman–Crippen MR) is 80.7 cm³/mol. The van der Waals surface area contributed by atoms with E-state index in [-0.39, 0.29) is 18.4 Å². The van der Waals surface area contributed by atoms with E-state index in [1.807, 2.05) is 19.9 Å². The minimum Gasteiger partial charge on any atom is -0.491 e. The fraction of sp³-hybridized carbons (Fsp3) is 0.375. The number of carbonyl (C=O) groups excluding carboxylic acids is 1. The Balaban J connectivity index is 1.94. The maximum atomic E-state index is 11.8. The van der Waals surface area contributed by atoms with Gasteiger partial charge in [-0.3, -0.25) is 4.79 Å². The first-order valence-corrected chi connectivity index (χ1v) is 7.12. The van der Waals surface area contributed by atoms with Gasteiger partial charge in [-0.05, 0) is 38.5 Å². The number of rotatable bonds is 6. The third-order valence-electron chi connectivity index (χ3n) is 2.92. The SMILES string of the molecule is Cc1cc(C(=O)NCC(O)c2cccc(OC(C)C)c2)on1. The van der Waals surface area contributed by atoms with E-state index in [4.69, 9.17) is 9.26 Å². The van der Waals surface area contributed by atoms with E-state index in [1.165, 1.54) is 0 Å². The molecule has 0 bridgehead atoms. The Kier molecular flexibility index (Phi) is 5.16. The van der Waals surface area contributed by atoms with Crippen molar-refractivity contribution < 1.29 is 19.2 Å². The van der Waals surface area contributed by atoms with E-state index in [0.717, 1.165) is 0 Å². The van der Waals surface area contributed by atoms with Crippen molar-refractivity contribution in [2.24, 2.45) is 0 Å². The van der Waals surface area contributed by atoms with Gasteiger partial charge in [0.15, 0.2) is 0 Å². The average molecular weight is 304 g/mol. The quantitative estimate of drug-likeness (QED) is 0.855. The van der Waals surface area contributed by atoms with E-state index in [9.17, 15) is 9.90 Å². The predicted octanol–water partition coefficient (Wildman–Crippen LogP) is 2.23. The second kappa shape index (κ2) is 7.09. The molecule has 1 aromatic heterocycles. The zero-order valence-corrected chi connectivity index (χ0v) is 12.9. The number of benzene rings is 1. The smallest absolute Gasteiger partial charge is 0.290 e. The van der Waals surface area contributed by atoms with Gasteiger partial charge >= 0.3 is 0 Å². The Hall–Kier alpha value is -2.34. The Morgan fingerprint density at radius 3 is 2.82 bits per heavy atom. The lowest BCUT2D eigenvalue weighted by Crippen LogP contribution is -2.28. The maximum absolute atomic E-state index is 11.8. The Labute approximate surface area is 129 Å². The second-order valence-corrected chi connectivity index (χ2v) is 5.30. The van der Waals surface area contributed by atoms with E-state index in [0.29, 0.717) is 17.0 Å². The van der Waals surface area contributed by atoms with Crippen LogP contribution in [-0.4, -0.2) is 28.8 Å². The second-order valence-electron chi connectivity index (χ2n) is 5.30. The highest BCUT2D eigenvalue weighted by Crippen LogP contribution is 2.20. The number of aliphatic hydroxyl groups is 1. The number of nitrogens with one attached hydrogen (secondary N) is 1. The molecule has 0 saturated heterocycles. The number of aryl methyl sites for hydroxylation is 1. The van der Waals surface area contributed by atoms with Crippen LogP contribution in [0, 0.1) is 6.92 Å². The molecule has 0 saturated carbocycles. The van der Waals surface area contributed by atoms with E-state index in [1.54, 1.807) is 31.2 Å². The first-order valence-electron chi connectivity index (χ1n) is 7.12. The molecular formula is C16H20N2O4. The molecule has 2 N–H and O–H groups in total. The number of hydrogen-bond donors (Lipinski definition) is 2.